The van der Waals surface area contributed by atoms with Crippen LogP contribution in [0.3, 0.4) is 0 Å². The Morgan fingerprint density at radius 2 is 1.59 bits per heavy atom. The fourth-order valence-corrected chi connectivity index (χ4v) is 4.79. The topological polar surface area (TPSA) is 41.4 Å². The molecule has 2 heterocycles. The van der Waals surface area contributed by atoms with E-state index in [2.05, 4.69) is 30.0 Å². The van der Waals surface area contributed by atoms with Gasteiger partial charge in [0.15, 0.2) is 0 Å². The number of aromatic nitrogens is 2. The Balaban J connectivity index is 1.46. The summed E-state index contributed by atoms with van der Waals surface area (Å²) < 4.78 is 1.67. The van der Waals surface area contributed by atoms with E-state index in [1.165, 1.54) is 11.3 Å². The summed E-state index contributed by atoms with van der Waals surface area (Å²) in [4.78, 5) is 17.9. The second-order valence-corrected chi connectivity index (χ2v) is 9.20. The van der Waals surface area contributed by atoms with Crippen LogP contribution in [0.2, 0.25) is 10.0 Å². The van der Waals surface area contributed by atoms with Gasteiger partial charge < -0.3 is 9.80 Å². The van der Waals surface area contributed by atoms with Crippen molar-refractivity contribution in [1.29, 1.82) is 0 Å². The molecule has 0 N–H and O–H groups in total. The van der Waals surface area contributed by atoms with E-state index in [9.17, 15) is 4.79 Å². The van der Waals surface area contributed by atoms with Crippen LogP contribution in [0, 0.1) is 6.92 Å². The van der Waals surface area contributed by atoms with Crippen molar-refractivity contribution >= 4 is 34.8 Å². The lowest BCUT2D eigenvalue weighted by Crippen LogP contribution is -2.49. The zero-order valence-corrected chi connectivity index (χ0v) is 20.3. The smallest absolute Gasteiger partial charge is 0.272 e. The highest BCUT2D eigenvalue weighted by Gasteiger charge is 2.27. The molecule has 172 valence electrons. The van der Waals surface area contributed by atoms with Gasteiger partial charge in [0.25, 0.3) is 5.91 Å². The summed E-state index contributed by atoms with van der Waals surface area (Å²) in [5.74, 6) is -0.0600. The van der Waals surface area contributed by atoms with E-state index in [1.807, 2.05) is 53.4 Å². The first kappa shape index (κ1) is 22.5. The number of carbonyl (C=O) groups is 1. The number of hydrogen-bond acceptors (Lipinski definition) is 3. The van der Waals surface area contributed by atoms with Crippen molar-refractivity contribution in [3.63, 3.8) is 0 Å². The van der Waals surface area contributed by atoms with Gasteiger partial charge in [0.05, 0.1) is 16.4 Å². The molecule has 0 atom stereocenters. The zero-order valence-electron chi connectivity index (χ0n) is 18.8. The monoisotopic (exact) mass is 490 g/mol. The lowest BCUT2D eigenvalue weighted by molar-refractivity contribution is 0.0737. The van der Waals surface area contributed by atoms with Crippen molar-refractivity contribution in [1.82, 2.24) is 14.7 Å². The number of para-hydroxylation sites is 1. The largest absolute Gasteiger partial charge is 0.368 e. The summed E-state index contributed by atoms with van der Waals surface area (Å²) in [6.45, 7) is 4.94. The average molecular weight is 491 g/mol. The molecule has 0 aliphatic carbocycles. The second kappa shape index (κ2) is 9.53. The summed E-state index contributed by atoms with van der Waals surface area (Å²) >= 11 is 12.7. The molecule has 0 saturated carbocycles. The fourth-order valence-electron chi connectivity index (χ4n) is 4.37. The minimum absolute atomic E-state index is 0.0600. The van der Waals surface area contributed by atoms with Crippen LogP contribution in [-0.2, 0) is 0 Å². The Labute approximate surface area is 209 Å². The van der Waals surface area contributed by atoms with E-state index in [1.54, 1.807) is 16.8 Å². The lowest BCUT2D eigenvalue weighted by atomic mass is 10.1. The average Bonchev–Trinajstić information content (AvgIpc) is 3.30. The third-order valence-corrected chi connectivity index (χ3v) is 6.72. The molecular formula is C27H24Cl2N4O. The quantitative estimate of drug-likeness (QED) is 0.346. The first-order chi connectivity index (χ1) is 16.5. The van der Waals surface area contributed by atoms with Crippen LogP contribution in [0.4, 0.5) is 5.69 Å². The third kappa shape index (κ3) is 4.41. The van der Waals surface area contributed by atoms with E-state index in [4.69, 9.17) is 28.3 Å². The fraction of sp³-hybridized carbons (Fsp3) is 0.185. The second-order valence-electron chi connectivity index (χ2n) is 8.35. The molecule has 1 aliphatic rings. The molecule has 0 bridgehead atoms. The molecule has 1 amide bonds. The van der Waals surface area contributed by atoms with Crippen LogP contribution in [0.25, 0.3) is 16.9 Å². The Bertz CT molecular complexity index is 1340. The Kier molecular flexibility index (Phi) is 6.31. The van der Waals surface area contributed by atoms with Gasteiger partial charge in [0.2, 0.25) is 0 Å². The number of piperazine rings is 1. The van der Waals surface area contributed by atoms with Crippen molar-refractivity contribution in [2.75, 3.05) is 31.1 Å². The molecule has 5 rings (SSSR count). The van der Waals surface area contributed by atoms with Gasteiger partial charge in [-0.2, -0.15) is 5.10 Å². The van der Waals surface area contributed by atoms with E-state index < -0.39 is 0 Å². The number of anilines is 1. The molecule has 3 aromatic carbocycles. The van der Waals surface area contributed by atoms with Gasteiger partial charge in [-0.15, -0.1) is 0 Å². The van der Waals surface area contributed by atoms with Crippen molar-refractivity contribution in [3.8, 4) is 16.9 Å². The predicted molar refractivity (Wildman–Crippen MR) is 138 cm³/mol. The molecule has 34 heavy (non-hydrogen) atoms. The predicted octanol–water partition coefficient (Wildman–Crippen LogP) is 6.12. The maximum Gasteiger partial charge on any atom is 0.272 e. The van der Waals surface area contributed by atoms with Crippen LogP contribution in [-0.4, -0.2) is 46.8 Å². The number of nitrogens with zero attached hydrogens (tertiary/aromatic N) is 4. The minimum Gasteiger partial charge on any atom is -0.368 e. The Hall–Kier alpha value is -3.28. The van der Waals surface area contributed by atoms with E-state index in [0.717, 1.165) is 24.3 Å². The standard InChI is InChI=1S/C27H24Cl2N4O/c1-19-7-2-5-12-25(19)31-13-15-32(16-14-31)27(34)26-18-24(22-10-3-4-11-23(22)29)30-33(26)21-9-6-8-20(28)17-21/h2-12,17-18H,13-16H2,1H3. The summed E-state index contributed by atoms with van der Waals surface area (Å²) in [5.41, 5.74) is 5.11. The highest BCUT2D eigenvalue weighted by Crippen LogP contribution is 2.29. The molecule has 4 aromatic rings. The SMILES string of the molecule is Cc1ccccc1N1CCN(C(=O)c2cc(-c3ccccc3Cl)nn2-c2cccc(Cl)c2)CC1. The maximum atomic E-state index is 13.7. The molecule has 0 radical (unpaired) electrons. The normalized spacial score (nSPS) is 13.9. The number of carbonyl (C=O) groups excluding carboxylic acids is 1. The number of aryl methyl sites for hydroxylation is 1. The van der Waals surface area contributed by atoms with Gasteiger partial charge in [0.1, 0.15) is 5.69 Å². The van der Waals surface area contributed by atoms with E-state index >= 15 is 0 Å². The molecule has 1 aliphatic heterocycles. The molecule has 5 nitrogen and oxygen atoms in total. The molecule has 7 heteroatoms. The highest BCUT2D eigenvalue weighted by atomic mass is 35.5. The van der Waals surface area contributed by atoms with Gasteiger partial charge in [-0.1, -0.05) is 65.7 Å². The number of benzene rings is 3. The van der Waals surface area contributed by atoms with Gasteiger partial charge in [-0.25, -0.2) is 4.68 Å². The first-order valence-corrected chi connectivity index (χ1v) is 12.0. The van der Waals surface area contributed by atoms with Gasteiger partial charge in [-0.05, 0) is 48.9 Å². The van der Waals surface area contributed by atoms with Crippen LogP contribution in [0.5, 0.6) is 0 Å². The first-order valence-electron chi connectivity index (χ1n) is 11.2. The van der Waals surface area contributed by atoms with Gasteiger partial charge in [0, 0.05) is 42.5 Å². The molecule has 0 unspecified atom stereocenters. The number of halogens is 2. The van der Waals surface area contributed by atoms with E-state index in [-0.39, 0.29) is 5.91 Å². The van der Waals surface area contributed by atoms with Crippen molar-refractivity contribution in [2.24, 2.45) is 0 Å². The van der Waals surface area contributed by atoms with Crippen molar-refractivity contribution in [2.45, 2.75) is 6.92 Å². The van der Waals surface area contributed by atoms with Crippen LogP contribution in [0.1, 0.15) is 16.1 Å². The summed E-state index contributed by atoms with van der Waals surface area (Å²) in [7, 11) is 0. The number of amides is 1. The third-order valence-electron chi connectivity index (χ3n) is 6.15. The van der Waals surface area contributed by atoms with Crippen LogP contribution >= 0.6 is 23.2 Å². The van der Waals surface area contributed by atoms with Crippen LogP contribution in [0.15, 0.2) is 78.9 Å². The Morgan fingerprint density at radius 3 is 2.32 bits per heavy atom. The summed E-state index contributed by atoms with van der Waals surface area (Å²) in [6, 6.07) is 25.0. The van der Waals surface area contributed by atoms with Gasteiger partial charge in [-0.3, -0.25) is 4.79 Å². The molecule has 0 spiro atoms. The summed E-state index contributed by atoms with van der Waals surface area (Å²) in [6.07, 6.45) is 0. The number of rotatable bonds is 4. The van der Waals surface area contributed by atoms with Gasteiger partial charge >= 0.3 is 0 Å². The number of hydrogen-bond donors (Lipinski definition) is 0. The zero-order chi connectivity index (χ0) is 23.7. The molecule has 1 aromatic heterocycles. The molecular weight excluding hydrogens is 467 g/mol. The lowest BCUT2D eigenvalue weighted by Gasteiger charge is -2.36. The summed E-state index contributed by atoms with van der Waals surface area (Å²) in [5, 5.41) is 5.93. The molecule has 1 saturated heterocycles. The maximum absolute atomic E-state index is 13.7. The molecule has 1 fully saturated rings. The highest BCUT2D eigenvalue weighted by molar-refractivity contribution is 6.33. The minimum atomic E-state index is -0.0600. The van der Waals surface area contributed by atoms with Crippen molar-refractivity contribution < 1.29 is 4.79 Å². The Morgan fingerprint density at radius 1 is 0.853 bits per heavy atom. The van der Waals surface area contributed by atoms with Crippen molar-refractivity contribution in [3.05, 3.63) is 100 Å². The van der Waals surface area contributed by atoms with E-state index in [0.29, 0.717) is 34.5 Å². The van der Waals surface area contributed by atoms with Crippen LogP contribution < -0.4 is 4.90 Å².